The minimum absolute atomic E-state index is 0.0742. The number of likely N-dealkylation sites (N-methyl/N-ethyl adjacent to an activating group) is 1. The SMILES string of the molecule is CNCC1(N)CN(c2ncc(C(=N)c3cc(O[C@H](C)c4c(Cl)cncc4Cl)c(OC)cc3N)cc2C#N)C1.CSC. The molecular weight excluding hydrogens is 583 g/mol. The maximum Gasteiger partial charge on any atom is 0.162 e. The zero-order chi connectivity index (χ0) is 30.3. The second-order valence-electron chi connectivity index (χ2n) is 9.61. The van der Waals surface area contributed by atoms with Crippen LogP contribution >= 0.6 is 35.0 Å². The molecule has 0 saturated carbocycles. The van der Waals surface area contributed by atoms with Gasteiger partial charge < -0.3 is 31.2 Å². The Morgan fingerprint density at radius 2 is 1.85 bits per heavy atom. The van der Waals surface area contributed by atoms with Gasteiger partial charge in [0.1, 0.15) is 18.0 Å². The van der Waals surface area contributed by atoms with E-state index in [9.17, 15) is 5.26 Å². The van der Waals surface area contributed by atoms with Crippen molar-refractivity contribution in [2.24, 2.45) is 5.73 Å². The van der Waals surface area contributed by atoms with E-state index in [1.54, 1.807) is 43.1 Å². The van der Waals surface area contributed by atoms with Crippen LogP contribution in [0.25, 0.3) is 0 Å². The van der Waals surface area contributed by atoms with Gasteiger partial charge in [-0.25, -0.2) is 4.98 Å². The van der Waals surface area contributed by atoms with Crippen LogP contribution in [0.2, 0.25) is 10.0 Å². The summed E-state index contributed by atoms with van der Waals surface area (Å²) in [6, 6.07) is 7.01. The molecule has 13 heteroatoms. The lowest BCUT2D eigenvalue weighted by Gasteiger charge is -2.48. The third-order valence-electron chi connectivity index (χ3n) is 6.32. The minimum Gasteiger partial charge on any atom is -0.493 e. The third-order valence-corrected chi connectivity index (χ3v) is 6.92. The smallest absolute Gasteiger partial charge is 0.162 e. The molecule has 3 heterocycles. The van der Waals surface area contributed by atoms with Gasteiger partial charge in [-0.3, -0.25) is 10.4 Å². The molecule has 6 N–H and O–H groups in total. The molecule has 0 amide bonds. The van der Waals surface area contributed by atoms with Crippen molar-refractivity contribution in [1.82, 2.24) is 15.3 Å². The summed E-state index contributed by atoms with van der Waals surface area (Å²) in [5, 5.41) is 22.5. The normalized spacial score (nSPS) is 14.2. The highest BCUT2D eigenvalue weighted by molar-refractivity contribution is 7.97. The number of aromatic nitrogens is 2. The maximum absolute atomic E-state index is 9.80. The molecule has 0 aliphatic carbocycles. The first-order chi connectivity index (χ1) is 19.5. The fourth-order valence-electron chi connectivity index (χ4n) is 4.51. The van der Waals surface area contributed by atoms with Gasteiger partial charge in [-0.15, -0.1) is 0 Å². The highest BCUT2D eigenvalue weighted by Crippen LogP contribution is 2.39. The first kappa shape index (κ1) is 32.2. The van der Waals surface area contributed by atoms with Crippen LogP contribution < -0.4 is 31.2 Å². The Bertz CT molecular complexity index is 1420. The largest absolute Gasteiger partial charge is 0.493 e. The summed E-state index contributed by atoms with van der Waals surface area (Å²) in [5.74, 6) is 1.25. The number of thioether (sulfide) groups is 1. The first-order valence-corrected chi connectivity index (χ1v) is 14.9. The number of rotatable bonds is 9. The van der Waals surface area contributed by atoms with Gasteiger partial charge in [-0.05, 0) is 38.6 Å². The zero-order valence-electron chi connectivity index (χ0n) is 23.6. The molecule has 0 radical (unpaired) electrons. The van der Waals surface area contributed by atoms with Gasteiger partial charge in [0, 0.05) is 66.7 Å². The monoisotopic (exact) mass is 616 g/mol. The number of halogens is 2. The van der Waals surface area contributed by atoms with E-state index in [1.165, 1.54) is 19.5 Å². The van der Waals surface area contributed by atoms with Gasteiger partial charge in [0.2, 0.25) is 0 Å². The summed E-state index contributed by atoms with van der Waals surface area (Å²) < 4.78 is 11.6. The Kier molecular flexibility index (Phi) is 11.1. The average molecular weight is 618 g/mol. The number of methoxy groups -OCH3 is 1. The summed E-state index contributed by atoms with van der Waals surface area (Å²) in [7, 11) is 3.34. The lowest BCUT2D eigenvalue weighted by Crippen LogP contribution is -2.71. The fourth-order valence-corrected chi connectivity index (χ4v) is 5.19. The minimum atomic E-state index is -0.558. The van der Waals surface area contributed by atoms with Crippen LogP contribution in [0.1, 0.15) is 35.3 Å². The van der Waals surface area contributed by atoms with Crippen LogP contribution in [-0.2, 0) is 0 Å². The van der Waals surface area contributed by atoms with E-state index >= 15 is 0 Å². The van der Waals surface area contributed by atoms with Gasteiger partial charge in [0.15, 0.2) is 11.5 Å². The molecule has 10 nitrogen and oxygen atoms in total. The Hall–Kier alpha value is -3.27. The van der Waals surface area contributed by atoms with Crippen molar-refractivity contribution in [3.05, 3.63) is 69.1 Å². The Morgan fingerprint density at radius 3 is 2.41 bits per heavy atom. The Morgan fingerprint density at radius 1 is 1.22 bits per heavy atom. The van der Waals surface area contributed by atoms with Crippen molar-refractivity contribution in [3.8, 4) is 17.6 Å². The average Bonchev–Trinajstić information content (AvgIpc) is 2.92. The standard InChI is InChI=1S/C26H28Cl2N8O2.C2H6S/c1-14(23-18(27)9-34-10-19(23)28)38-22-5-17(20(30)6-21(22)37-3)24(31)16-4-15(7-29)25(35-8-16)36-12-26(32,13-36)11-33-2;1-3-2/h4-6,8-10,14,31,33H,11-13,30,32H2,1-3H3;1-2H3/t14-;/m1./s1. The molecule has 1 aliphatic rings. The van der Waals surface area contributed by atoms with Crippen molar-refractivity contribution >= 4 is 52.2 Å². The summed E-state index contributed by atoms with van der Waals surface area (Å²) in [4.78, 5) is 10.4. The molecule has 0 bridgehead atoms. The molecule has 0 unspecified atom stereocenters. The van der Waals surface area contributed by atoms with Crippen molar-refractivity contribution < 1.29 is 9.47 Å². The summed E-state index contributed by atoms with van der Waals surface area (Å²) in [5.41, 5.74) is 14.4. The van der Waals surface area contributed by atoms with Crippen LogP contribution in [0.15, 0.2) is 36.8 Å². The molecule has 0 spiro atoms. The van der Waals surface area contributed by atoms with Gasteiger partial charge in [0.05, 0.1) is 34.0 Å². The van der Waals surface area contributed by atoms with E-state index in [2.05, 4.69) is 21.4 Å². The van der Waals surface area contributed by atoms with Crippen LogP contribution in [0.4, 0.5) is 11.5 Å². The number of nitriles is 1. The lowest BCUT2D eigenvalue weighted by atomic mass is 9.90. The predicted molar refractivity (Wildman–Crippen MR) is 168 cm³/mol. The van der Waals surface area contributed by atoms with Crippen LogP contribution in [0.3, 0.4) is 0 Å². The van der Waals surface area contributed by atoms with Crippen LogP contribution in [0, 0.1) is 16.7 Å². The molecule has 3 aromatic rings. The lowest BCUT2D eigenvalue weighted by molar-refractivity contribution is 0.216. The topological polar surface area (TPSA) is 159 Å². The van der Waals surface area contributed by atoms with Gasteiger partial charge in [0.25, 0.3) is 0 Å². The molecule has 218 valence electrons. The molecule has 1 atom stereocenters. The maximum atomic E-state index is 9.80. The first-order valence-electron chi connectivity index (χ1n) is 12.5. The quantitative estimate of drug-likeness (QED) is 0.199. The van der Waals surface area contributed by atoms with E-state index in [1.807, 2.05) is 24.5 Å². The number of nitrogens with zero attached hydrogens (tertiary/aromatic N) is 4. The van der Waals surface area contributed by atoms with Gasteiger partial charge >= 0.3 is 0 Å². The van der Waals surface area contributed by atoms with E-state index in [0.29, 0.717) is 74.9 Å². The number of anilines is 2. The highest BCUT2D eigenvalue weighted by Gasteiger charge is 2.40. The molecule has 1 aromatic carbocycles. The van der Waals surface area contributed by atoms with Crippen molar-refractivity contribution in [3.63, 3.8) is 0 Å². The second-order valence-corrected chi connectivity index (χ2v) is 11.2. The summed E-state index contributed by atoms with van der Waals surface area (Å²) in [6.45, 7) is 3.59. The number of nitrogens with one attached hydrogen (secondary N) is 2. The third kappa shape index (κ3) is 7.33. The van der Waals surface area contributed by atoms with Crippen LogP contribution in [0.5, 0.6) is 11.5 Å². The number of hydrogen-bond acceptors (Lipinski definition) is 11. The molecule has 41 heavy (non-hydrogen) atoms. The molecule has 2 aromatic heterocycles. The fraction of sp³-hybridized carbons (Fsp3) is 0.357. The highest BCUT2D eigenvalue weighted by atomic mass is 35.5. The number of nitrogens with two attached hydrogens (primary N) is 2. The summed E-state index contributed by atoms with van der Waals surface area (Å²) in [6.07, 6.45) is 8.05. The van der Waals surface area contributed by atoms with E-state index < -0.39 is 6.10 Å². The second kappa shape index (κ2) is 14.1. The number of nitrogen functional groups attached to an aromatic ring is 1. The molecule has 1 fully saturated rings. The van der Waals surface area contributed by atoms with E-state index in [-0.39, 0.29) is 11.3 Å². The van der Waals surface area contributed by atoms with E-state index in [0.717, 1.165) is 0 Å². The Labute approximate surface area is 254 Å². The predicted octanol–water partition coefficient (Wildman–Crippen LogP) is 4.52. The van der Waals surface area contributed by atoms with Gasteiger partial charge in [-0.1, -0.05) is 23.2 Å². The van der Waals surface area contributed by atoms with E-state index in [4.69, 9.17) is 49.6 Å². The number of ether oxygens (including phenoxy) is 2. The van der Waals surface area contributed by atoms with Crippen LogP contribution in [-0.4, -0.2) is 67.5 Å². The Balaban J connectivity index is 0.00000147. The molecule has 1 saturated heterocycles. The number of pyridine rings is 2. The molecule has 4 rings (SSSR count). The molecule has 1 aliphatic heterocycles. The van der Waals surface area contributed by atoms with Crippen molar-refractivity contribution in [2.75, 3.05) is 56.9 Å². The summed E-state index contributed by atoms with van der Waals surface area (Å²) >= 11 is 14.4. The van der Waals surface area contributed by atoms with Gasteiger partial charge in [-0.2, -0.15) is 17.0 Å². The van der Waals surface area contributed by atoms with Crippen molar-refractivity contribution in [2.45, 2.75) is 18.6 Å². The number of benzene rings is 1. The van der Waals surface area contributed by atoms with Crippen molar-refractivity contribution in [1.29, 1.82) is 10.7 Å². The number of hydrogen-bond donors (Lipinski definition) is 4. The molecular formula is C28H34Cl2N8O2S. The zero-order valence-corrected chi connectivity index (χ0v) is 25.9.